The van der Waals surface area contributed by atoms with Crippen LogP contribution in [-0.2, 0) is 5.41 Å². The topological polar surface area (TPSA) is 21.7 Å². The van der Waals surface area contributed by atoms with Crippen molar-refractivity contribution in [2.75, 3.05) is 18.6 Å². The molecule has 0 saturated carbocycles. The van der Waals surface area contributed by atoms with E-state index in [1.807, 2.05) is 0 Å². The summed E-state index contributed by atoms with van der Waals surface area (Å²) in [7, 11) is 1.75. The number of anilines is 3. The third-order valence-electron chi connectivity index (χ3n) is 11.0. The average Bonchev–Trinajstić information content (AvgIpc) is 3.14. The fraction of sp³-hybridized carbons (Fsp3) is 0.472. The van der Waals surface area contributed by atoms with Crippen LogP contribution in [-0.4, -0.2) is 13.7 Å². The van der Waals surface area contributed by atoms with E-state index in [9.17, 15) is 0 Å². The first-order chi connectivity index (χ1) is 26.6. The standard InChI is InChI=1S/C53H73NO2/c1-13-14-15-33-53(10,11)46-24-28-48(29-25-46)54(49-30-19-41(5)36-42(49)6)47-26-21-43(22-27-47)20-23-44-38-51(56-35-32-40(4)18-16-17-39(2)3)45(37-50(44)55-12)31-34-52(7,8)9/h19-31,34,36-40H,13-18,32-33,35H2,1-12H3. The maximum Gasteiger partial charge on any atom is 0.127 e. The fourth-order valence-corrected chi connectivity index (χ4v) is 7.31. The summed E-state index contributed by atoms with van der Waals surface area (Å²) in [4.78, 5) is 2.39. The van der Waals surface area contributed by atoms with Crippen LogP contribution in [0.4, 0.5) is 17.1 Å². The molecule has 4 rings (SSSR count). The van der Waals surface area contributed by atoms with Crippen LogP contribution in [0, 0.1) is 31.1 Å². The van der Waals surface area contributed by atoms with Crippen molar-refractivity contribution in [2.45, 2.75) is 133 Å². The quantitative estimate of drug-likeness (QED) is 0.0662. The van der Waals surface area contributed by atoms with E-state index < -0.39 is 0 Å². The van der Waals surface area contributed by atoms with Crippen LogP contribution in [0.15, 0.2) is 84.9 Å². The minimum atomic E-state index is 0.0577. The zero-order valence-corrected chi connectivity index (χ0v) is 37.1. The van der Waals surface area contributed by atoms with E-state index >= 15 is 0 Å². The largest absolute Gasteiger partial charge is 0.496 e. The van der Waals surface area contributed by atoms with Crippen LogP contribution in [0.25, 0.3) is 18.2 Å². The molecule has 4 aromatic rings. The number of benzene rings is 4. The first-order valence-corrected chi connectivity index (χ1v) is 21.4. The third-order valence-corrected chi connectivity index (χ3v) is 11.0. The summed E-state index contributed by atoms with van der Waals surface area (Å²) in [6, 6.07) is 29.1. The molecule has 1 unspecified atom stereocenters. The summed E-state index contributed by atoms with van der Waals surface area (Å²) >= 11 is 0. The minimum absolute atomic E-state index is 0.0577. The molecule has 0 spiro atoms. The van der Waals surface area contributed by atoms with E-state index in [1.54, 1.807) is 7.11 Å². The van der Waals surface area contributed by atoms with Gasteiger partial charge < -0.3 is 14.4 Å². The van der Waals surface area contributed by atoms with Crippen molar-refractivity contribution >= 4 is 35.3 Å². The van der Waals surface area contributed by atoms with E-state index in [1.165, 1.54) is 67.3 Å². The number of ether oxygens (including phenoxy) is 2. The molecule has 302 valence electrons. The van der Waals surface area contributed by atoms with E-state index in [2.05, 4.69) is 184 Å². The van der Waals surface area contributed by atoms with Crippen LogP contribution in [0.1, 0.15) is 147 Å². The molecule has 0 aromatic heterocycles. The van der Waals surface area contributed by atoms with Crippen molar-refractivity contribution in [3.05, 3.63) is 118 Å². The number of allylic oxidation sites excluding steroid dienone is 1. The Morgan fingerprint density at radius 3 is 1.93 bits per heavy atom. The van der Waals surface area contributed by atoms with Gasteiger partial charge in [-0.3, -0.25) is 0 Å². The number of hydrogen-bond donors (Lipinski definition) is 0. The van der Waals surface area contributed by atoms with E-state index in [0.717, 1.165) is 51.9 Å². The Morgan fingerprint density at radius 1 is 0.679 bits per heavy atom. The number of rotatable bonds is 20. The second-order valence-electron chi connectivity index (χ2n) is 18.3. The molecule has 1 atom stereocenters. The lowest BCUT2D eigenvalue weighted by atomic mass is 9.80. The van der Waals surface area contributed by atoms with Gasteiger partial charge in [-0.05, 0) is 109 Å². The van der Waals surface area contributed by atoms with Gasteiger partial charge in [-0.25, -0.2) is 0 Å². The van der Waals surface area contributed by atoms with E-state index in [-0.39, 0.29) is 10.8 Å². The summed E-state index contributed by atoms with van der Waals surface area (Å²) in [6.07, 6.45) is 18.6. The lowest BCUT2D eigenvalue weighted by Crippen LogP contribution is -2.17. The van der Waals surface area contributed by atoms with Gasteiger partial charge in [0.15, 0.2) is 0 Å². The smallest absolute Gasteiger partial charge is 0.127 e. The van der Waals surface area contributed by atoms with Gasteiger partial charge in [0.2, 0.25) is 0 Å². The first kappa shape index (κ1) is 44.5. The van der Waals surface area contributed by atoms with Crippen molar-refractivity contribution in [1.29, 1.82) is 0 Å². The zero-order chi connectivity index (χ0) is 40.9. The molecule has 4 aromatic carbocycles. The normalized spacial score (nSPS) is 12.9. The maximum absolute atomic E-state index is 6.54. The Hall–Kier alpha value is -4.24. The van der Waals surface area contributed by atoms with Crippen LogP contribution >= 0.6 is 0 Å². The minimum Gasteiger partial charge on any atom is -0.496 e. The molecule has 0 aliphatic carbocycles. The zero-order valence-electron chi connectivity index (χ0n) is 37.1. The number of aryl methyl sites for hydroxylation is 2. The van der Waals surface area contributed by atoms with Gasteiger partial charge in [-0.2, -0.15) is 0 Å². The Balaban J connectivity index is 1.61. The second-order valence-corrected chi connectivity index (χ2v) is 18.3. The van der Waals surface area contributed by atoms with E-state index in [4.69, 9.17) is 9.47 Å². The van der Waals surface area contributed by atoms with E-state index in [0.29, 0.717) is 12.5 Å². The molecule has 0 amide bonds. The van der Waals surface area contributed by atoms with Crippen molar-refractivity contribution in [2.24, 2.45) is 17.3 Å². The summed E-state index contributed by atoms with van der Waals surface area (Å²) in [5.74, 6) is 3.13. The molecule has 3 heteroatoms. The molecule has 0 N–H and O–H groups in total. The van der Waals surface area contributed by atoms with Crippen molar-refractivity contribution in [1.82, 2.24) is 0 Å². The summed E-state index contributed by atoms with van der Waals surface area (Å²) in [6.45, 7) is 25.7. The van der Waals surface area contributed by atoms with Gasteiger partial charge in [0, 0.05) is 28.2 Å². The lowest BCUT2D eigenvalue weighted by molar-refractivity contribution is 0.275. The molecule has 56 heavy (non-hydrogen) atoms. The van der Waals surface area contributed by atoms with Gasteiger partial charge in [-0.15, -0.1) is 0 Å². The predicted octanol–water partition coefficient (Wildman–Crippen LogP) is 16.1. The van der Waals surface area contributed by atoms with Gasteiger partial charge >= 0.3 is 0 Å². The van der Waals surface area contributed by atoms with Crippen molar-refractivity contribution in [3.63, 3.8) is 0 Å². The molecule has 0 heterocycles. The van der Waals surface area contributed by atoms with Crippen LogP contribution in [0.3, 0.4) is 0 Å². The monoisotopic (exact) mass is 756 g/mol. The van der Waals surface area contributed by atoms with Crippen LogP contribution in [0.2, 0.25) is 0 Å². The van der Waals surface area contributed by atoms with Gasteiger partial charge in [-0.1, -0.05) is 167 Å². The van der Waals surface area contributed by atoms with Crippen molar-refractivity contribution < 1.29 is 9.47 Å². The Bertz CT molecular complexity index is 1850. The highest BCUT2D eigenvalue weighted by molar-refractivity contribution is 5.81. The maximum atomic E-state index is 6.54. The van der Waals surface area contributed by atoms with Crippen LogP contribution < -0.4 is 14.4 Å². The SMILES string of the molecule is CCCCCC(C)(C)c1ccc(N(c2ccc(C=Cc3cc(OCCC(C)CCCC(C)C)c(C=CC(C)(C)C)cc3OC)cc2)c2ccc(C)cc2C)cc1. The number of methoxy groups -OCH3 is 1. The number of nitrogens with zero attached hydrogens (tertiary/aromatic N) is 1. The van der Waals surface area contributed by atoms with Crippen LogP contribution in [0.5, 0.6) is 11.5 Å². The summed E-state index contributed by atoms with van der Waals surface area (Å²) < 4.78 is 12.5. The molecule has 0 radical (unpaired) electrons. The lowest BCUT2D eigenvalue weighted by Gasteiger charge is -2.29. The van der Waals surface area contributed by atoms with Crippen molar-refractivity contribution in [3.8, 4) is 11.5 Å². The molecular formula is C53H73NO2. The average molecular weight is 756 g/mol. The van der Waals surface area contributed by atoms with Gasteiger partial charge in [0.25, 0.3) is 0 Å². The Morgan fingerprint density at radius 2 is 1.32 bits per heavy atom. The molecule has 0 bridgehead atoms. The molecule has 0 aliphatic heterocycles. The number of hydrogen-bond acceptors (Lipinski definition) is 3. The highest BCUT2D eigenvalue weighted by atomic mass is 16.5. The highest BCUT2D eigenvalue weighted by Gasteiger charge is 2.21. The Labute approximate surface area is 342 Å². The summed E-state index contributed by atoms with van der Waals surface area (Å²) in [5.41, 5.74) is 10.8. The molecule has 0 saturated heterocycles. The number of unbranched alkanes of at least 4 members (excludes halogenated alkanes) is 2. The first-order valence-electron chi connectivity index (χ1n) is 21.4. The van der Waals surface area contributed by atoms with Gasteiger partial charge in [0.1, 0.15) is 11.5 Å². The summed E-state index contributed by atoms with van der Waals surface area (Å²) in [5, 5.41) is 0. The second kappa shape index (κ2) is 20.8. The van der Waals surface area contributed by atoms with Gasteiger partial charge in [0.05, 0.1) is 13.7 Å². The third kappa shape index (κ3) is 13.5. The predicted molar refractivity (Wildman–Crippen MR) is 246 cm³/mol. The molecule has 0 fully saturated rings. The highest BCUT2D eigenvalue weighted by Crippen LogP contribution is 2.39. The molecule has 3 nitrogen and oxygen atoms in total. The Kier molecular flexibility index (Phi) is 16.5. The molecule has 0 aliphatic rings. The molecular weight excluding hydrogens is 683 g/mol. The fourth-order valence-electron chi connectivity index (χ4n) is 7.31.